The minimum absolute atomic E-state index is 0.307. The Labute approximate surface area is 99.8 Å². The van der Waals surface area contributed by atoms with E-state index in [1.807, 2.05) is 26.0 Å². The van der Waals surface area contributed by atoms with Crippen LogP contribution in [0.5, 0.6) is 0 Å². The van der Waals surface area contributed by atoms with Gasteiger partial charge in [0.05, 0.1) is 12.0 Å². The highest BCUT2D eigenvalue weighted by Gasteiger charge is 2.21. The Morgan fingerprint density at radius 2 is 2.24 bits per heavy atom. The summed E-state index contributed by atoms with van der Waals surface area (Å²) in [5.74, 6) is 1.12. The molecular weight excluding hydrogens is 218 g/mol. The first-order chi connectivity index (χ1) is 8.11. The maximum atomic E-state index is 5.32. The molecule has 90 valence electrons. The highest BCUT2D eigenvalue weighted by Crippen LogP contribution is 2.18. The number of rotatable bonds is 4. The van der Waals surface area contributed by atoms with E-state index in [2.05, 4.69) is 15.1 Å². The fraction of sp³-hybridized carbons (Fsp3) is 0.417. The second-order valence-corrected chi connectivity index (χ2v) is 4.39. The molecule has 17 heavy (non-hydrogen) atoms. The van der Waals surface area contributed by atoms with Crippen LogP contribution in [0.2, 0.25) is 0 Å². The molecule has 0 bridgehead atoms. The molecule has 0 amide bonds. The number of hydrogen-bond donors (Lipinski definition) is 0. The molecule has 2 aromatic rings. The van der Waals surface area contributed by atoms with E-state index in [0.29, 0.717) is 18.1 Å². The van der Waals surface area contributed by atoms with Gasteiger partial charge in [-0.3, -0.25) is 4.98 Å². The van der Waals surface area contributed by atoms with E-state index in [4.69, 9.17) is 9.26 Å². The van der Waals surface area contributed by atoms with Crippen molar-refractivity contribution in [3.8, 4) is 11.4 Å². The first kappa shape index (κ1) is 11.7. The van der Waals surface area contributed by atoms with Gasteiger partial charge in [0.1, 0.15) is 0 Å². The quantitative estimate of drug-likeness (QED) is 0.809. The third-order valence-electron chi connectivity index (χ3n) is 2.52. The van der Waals surface area contributed by atoms with Crippen LogP contribution < -0.4 is 0 Å². The topological polar surface area (TPSA) is 61.0 Å². The van der Waals surface area contributed by atoms with Gasteiger partial charge in [0.25, 0.3) is 0 Å². The standard InChI is InChI=1S/C12H15N3O2/c1-12(2,16-3)7-10-14-11(15-17-10)9-5-4-6-13-8-9/h4-6,8H,7H2,1-3H3. The van der Waals surface area contributed by atoms with Crippen LogP contribution in [0.25, 0.3) is 11.4 Å². The Balaban J connectivity index is 2.17. The molecular formula is C12H15N3O2. The smallest absolute Gasteiger partial charge is 0.229 e. The van der Waals surface area contributed by atoms with E-state index in [0.717, 1.165) is 5.56 Å². The zero-order valence-corrected chi connectivity index (χ0v) is 10.2. The van der Waals surface area contributed by atoms with Gasteiger partial charge in [-0.25, -0.2) is 0 Å². The van der Waals surface area contributed by atoms with Crippen LogP contribution in [-0.4, -0.2) is 27.8 Å². The van der Waals surface area contributed by atoms with E-state index < -0.39 is 0 Å². The van der Waals surface area contributed by atoms with Crippen molar-refractivity contribution in [1.82, 2.24) is 15.1 Å². The van der Waals surface area contributed by atoms with Crippen LogP contribution in [0.4, 0.5) is 0 Å². The minimum Gasteiger partial charge on any atom is -0.378 e. The van der Waals surface area contributed by atoms with Gasteiger partial charge in [0.2, 0.25) is 11.7 Å². The van der Waals surface area contributed by atoms with Crippen LogP contribution in [0.1, 0.15) is 19.7 Å². The third-order valence-corrected chi connectivity index (χ3v) is 2.52. The summed E-state index contributed by atoms with van der Waals surface area (Å²) in [6.07, 6.45) is 3.99. The third kappa shape index (κ3) is 2.88. The molecule has 0 aliphatic heterocycles. The normalized spacial score (nSPS) is 11.7. The summed E-state index contributed by atoms with van der Waals surface area (Å²) in [7, 11) is 1.67. The number of methoxy groups -OCH3 is 1. The summed E-state index contributed by atoms with van der Waals surface area (Å²) >= 11 is 0. The van der Waals surface area contributed by atoms with Crippen LogP contribution >= 0.6 is 0 Å². The summed E-state index contributed by atoms with van der Waals surface area (Å²) < 4.78 is 10.5. The molecule has 0 aliphatic carbocycles. The number of pyridine rings is 1. The molecule has 0 spiro atoms. The van der Waals surface area contributed by atoms with Crippen molar-refractivity contribution in [3.05, 3.63) is 30.4 Å². The lowest BCUT2D eigenvalue weighted by Crippen LogP contribution is -2.25. The van der Waals surface area contributed by atoms with E-state index in [1.54, 1.807) is 19.5 Å². The molecule has 2 aromatic heterocycles. The first-order valence-corrected chi connectivity index (χ1v) is 5.39. The highest BCUT2D eigenvalue weighted by atomic mass is 16.5. The van der Waals surface area contributed by atoms with Gasteiger partial charge in [0, 0.05) is 25.1 Å². The second kappa shape index (κ2) is 4.63. The molecule has 0 fully saturated rings. The zero-order valence-electron chi connectivity index (χ0n) is 10.2. The summed E-state index contributed by atoms with van der Waals surface area (Å²) in [5.41, 5.74) is 0.538. The minimum atomic E-state index is -0.307. The monoisotopic (exact) mass is 233 g/mol. The molecule has 0 aliphatic rings. The van der Waals surface area contributed by atoms with Crippen molar-refractivity contribution in [2.75, 3.05) is 7.11 Å². The number of hydrogen-bond acceptors (Lipinski definition) is 5. The van der Waals surface area contributed by atoms with E-state index in [-0.39, 0.29) is 5.60 Å². The summed E-state index contributed by atoms with van der Waals surface area (Å²) in [6, 6.07) is 3.73. The van der Waals surface area contributed by atoms with Crippen LogP contribution in [0.15, 0.2) is 29.0 Å². The first-order valence-electron chi connectivity index (χ1n) is 5.39. The molecule has 0 saturated heterocycles. The van der Waals surface area contributed by atoms with Gasteiger partial charge in [-0.1, -0.05) is 5.16 Å². The van der Waals surface area contributed by atoms with Crippen molar-refractivity contribution >= 4 is 0 Å². The molecule has 0 atom stereocenters. The molecule has 0 N–H and O–H groups in total. The zero-order chi connectivity index (χ0) is 12.3. The second-order valence-electron chi connectivity index (χ2n) is 4.39. The average Bonchev–Trinajstić information content (AvgIpc) is 2.78. The molecule has 0 aromatic carbocycles. The van der Waals surface area contributed by atoms with Crippen molar-refractivity contribution in [3.63, 3.8) is 0 Å². The van der Waals surface area contributed by atoms with Crippen LogP contribution in [0.3, 0.4) is 0 Å². The van der Waals surface area contributed by atoms with Crippen molar-refractivity contribution in [2.24, 2.45) is 0 Å². The lowest BCUT2D eigenvalue weighted by atomic mass is 10.1. The molecule has 2 rings (SSSR count). The highest BCUT2D eigenvalue weighted by molar-refractivity contribution is 5.51. The number of aromatic nitrogens is 3. The van der Waals surface area contributed by atoms with Gasteiger partial charge < -0.3 is 9.26 Å². The molecule has 0 saturated carbocycles. The molecule has 0 unspecified atom stereocenters. The molecule has 2 heterocycles. The fourth-order valence-electron chi connectivity index (χ4n) is 1.38. The van der Waals surface area contributed by atoms with Gasteiger partial charge in [-0.2, -0.15) is 4.98 Å². The Hall–Kier alpha value is -1.75. The van der Waals surface area contributed by atoms with Crippen LogP contribution in [0, 0.1) is 0 Å². The molecule has 5 nitrogen and oxygen atoms in total. The summed E-state index contributed by atoms with van der Waals surface area (Å²) in [4.78, 5) is 8.33. The predicted molar refractivity (Wildman–Crippen MR) is 62.3 cm³/mol. The van der Waals surface area contributed by atoms with Crippen molar-refractivity contribution in [1.29, 1.82) is 0 Å². The Bertz CT molecular complexity index is 480. The van der Waals surface area contributed by atoms with Gasteiger partial charge in [-0.05, 0) is 26.0 Å². The van der Waals surface area contributed by atoms with Gasteiger partial charge >= 0.3 is 0 Å². The van der Waals surface area contributed by atoms with E-state index in [9.17, 15) is 0 Å². The summed E-state index contributed by atoms with van der Waals surface area (Å²) in [6.45, 7) is 3.95. The molecule has 0 radical (unpaired) electrons. The van der Waals surface area contributed by atoms with Gasteiger partial charge in [-0.15, -0.1) is 0 Å². The Kier molecular flexibility index (Phi) is 3.19. The van der Waals surface area contributed by atoms with Gasteiger partial charge in [0.15, 0.2) is 0 Å². The number of ether oxygens (including phenoxy) is 1. The Morgan fingerprint density at radius 1 is 1.41 bits per heavy atom. The average molecular weight is 233 g/mol. The largest absolute Gasteiger partial charge is 0.378 e. The maximum Gasteiger partial charge on any atom is 0.229 e. The van der Waals surface area contributed by atoms with Crippen molar-refractivity contribution < 1.29 is 9.26 Å². The SMILES string of the molecule is COC(C)(C)Cc1nc(-c2cccnc2)no1. The van der Waals surface area contributed by atoms with E-state index in [1.165, 1.54) is 0 Å². The fourth-order valence-corrected chi connectivity index (χ4v) is 1.38. The van der Waals surface area contributed by atoms with Crippen LogP contribution in [-0.2, 0) is 11.2 Å². The maximum absolute atomic E-state index is 5.32. The lowest BCUT2D eigenvalue weighted by molar-refractivity contribution is 0.0170. The summed E-state index contributed by atoms with van der Waals surface area (Å²) in [5, 5.41) is 3.92. The predicted octanol–water partition coefficient (Wildman–Crippen LogP) is 2.10. The molecule has 5 heteroatoms. The van der Waals surface area contributed by atoms with Crippen molar-refractivity contribution in [2.45, 2.75) is 25.9 Å². The Morgan fingerprint density at radius 3 is 2.88 bits per heavy atom. The lowest BCUT2D eigenvalue weighted by Gasteiger charge is -2.19. The van der Waals surface area contributed by atoms with E-state index >= 15 is 0 Å². The number of nitrogens with zero attached hydrogens (tertiary/aromatic N) is 3.